The maximum atomic E-state index is 12.7. The average Bonchev–Trinajstić information content (AvgIpc) is 3.09. The largest absolute Gasteiger partial charge is 0.461 e. The van der Waals surface area contributed by atoms with Crippen molar-refractivity contribution in [3.05, 3.63) is 59.7 Å². The molecular formula is C46H70N2O4+2. The Kier molecular flexibility index (Phi) is 16.7. The Morgan fingerprint density at radius 1 is 0.423 bits per heavy atom. The van der Waals surface area contributed by atoms with Crippen molar-refractivity contribution < 1.29 is 28.0 Å². The predicted molar refractivity (Wildman–Crippen MR) is 219 cm³/mol. The third-order valence-electron chi connectivity index (χ3n) is 10.5. The van der Waals surface area contributed by atoms with Gasteiger partial charge in [0.1, 0.15) is 13.2 Å². The number of carbonyl (C=O) groups is 2. The Bertz CT molecular complexity index is 1540. The predicted octanol–water partition coefficient (Wildman–Crippen LogP) is 11.1. The quantitative estimate of drug-likeness (QED) is 0.0281. The Hall–Kier alpha value is -3.22. The van der Waals surface area contributed by atoms with Gasteiger partial charge in [0.2, 0.25) is 0 Å². The van der Waals surface area contributed by atoms with Crippen LogP contribution in [0.3, 0.4) is 0 Å². The molecular weight excluding hydrogens is 645 g/mol. The standard InChI is InChI=1S/C46H70N2O4/c1-47(2,3)33-21-17-13-9-7-11-15-19-23-43(49)51-35-39-27-25-37-30-32-42-40(28-26-38-29-31-41(39)45(37)46(38)42)36-52-44(50)24-20-16-12-8-10-14-18-22-34-48(4,5)6/h25-32H,7-24,33-36H2,1-6H3/q+2. The van der Waals surface area contributed by atoms with Crippen LogP contribution < -0.4 is 0 Å². The number of benzene rings is 4. The van der Waals surface area contributed by atoms with Crippen LogP contribution in [0.25, 0.3) is 32.3 Å². The molecule has 0 fully saturated rings. The van der Waals surface area contributed by atoms with Crippen LogP contribution in [-0.2, 0) is 32.3 Å². The molecule has 4 aromatic rings. The first-order chi connectivity index (χ1) is 24.9. The monoisotopic (exact) mass is 715 g/mol. The summed E-state index contributed by atoms with van der Waals surface area (Å²) in [5.41, 5.74) is 2.05. The summed E-state index contributed by atoms with van der Waals surface area (Å²) >= 11 is 0. The Balaban J connectivity index is 1.19. The van der Waals surface area contributed by atoms with Crippen LogP contribution in [-0.4, -0.2) is 76.3 Å². The van der Waals surface area contributed by atoms with Crippen molar-refractivity contribution in [3.63, 3.8) is 0 Å². The molecule has 6 nitrogen and oxygen atoms in total. The summed E-state index contributed by atoms with van der Waals surface area (Å²) in [5, 5.41) is 6.92. The van der Waals surface area contributed by atoms with Gasteiger partial charge >= 0.3 is 11.9 Å². The van der Waals surface area contributed by atoms with Gasteiger partial charge in [0.15, 0.2) is 0 Å². The van der Waals surface area contributed by atoms with Gasteiger partial charge in [-0.25, -0.2) is 0 Å². The minimum absolute atomic E-state index is 0.114. The molecule has 0 atom stereocenters. The second kappa shape index (κ2) is 20.9. The summed E-state index contributed by atoms with van der Waals surface area (Å²) in [5.74, 6) is -0.228. The molecule has 0 aromatic heterocycles. The molecule has 6 heteroatoms. The second-order valence-corrected chi connectivity index (χ2v) is 17.4. The molecule has 4 aromatic carbocycles. The third kappa shape index (κ3) is 14.3. The van der Waals surface area contributed by atoms with Gasteiger partial charge in [0, 0.05) is 12.8 Å². The van der Waals surface area contributed by atoms with Crippen molar-refractivity contribution in [2.24, 2.45) is 0 Å². The highest BCUT2D eigenvalue weighted by molar-refractivity contribution is 6.24. The SMILES string of the molecule is C[N+](C)(C)CCCCCCCCCCC(=O)OCc1ccc2ccc3c(COC(=O)CCCCCCCCCC[N+](C)(C)C)ccc4ccc1c2c43. The van der Waals surface area contributed by atoms with E-state index >= 15 is 0 Å². The Labute approximate surface area is 315 Å². The van der Waals surface area contributed by atoms with Gasteiger partial charge in [-0.05, 0) is 82.0 Å². The van der Waals surface area contributed by atoms with E-state index in [4.69, 9.17) is 9.47 Å². The van der Waals surface area contributed by atoms with Crippen LogP contribution >= 0.6 is 0 Å². The molecule has 4 rings (SSSR count). The maximum absolute atomic E-state index is 12.7. The Morgan fingerprint density at radius 3 is 1.08 bits per heavy atom. The zero-order chi connectivity index (χ0) is 37.4. The van der Waals surface area contributed by atoms with Gasteiger partial charge < -0.3 is 18.4 Å². The fraction of sp³-hybridized carbons (Fsp3) is 0.609. The van der Waals surface area contributed by atoms with E-state index < -0.39 is 0 Å². The van der Waals surface area contributed by atoms with E-state index in [9.17, 15) is 9.59 Å². The molecule has 0 aliphatic rings. The zero-order valence-electron chi connectivity index (χ0n) is 33.7. The van der Waals surface area contributed by atoms with Crippen LogP contribution in [0.5, 0.6) is 0 Å². The van der Waals surface area contributed by atoms with Crippen molar-refractivity contribution >= 4 is 44.3 Å². The smallest absolute Gasteiger partial charge is 0.306 e. The summed E-state index contributed by atoms with van der Waals surface area (Å²) in [7, 11) is 13.6. The minimum Gasteiger partial charge on any atom is -0.461 e. The van der Waals surface area contributed by atoms with Crippen molar-refractivity contribution in [2.45, 2.75) is 129 Å². The summed E-state index contributed by atoms with van der Waals surface area (Å²) in [6.45, 7) is 3.05. The van der Waals surface area contributed by atoms with Crippen molar-refractivity contribution in [1.29, 1.82) is 0 Å². The number of hydrogen-bond donors (Lipinski definition) is 0. The number of quaternary nitrogens is 2. The fourth-order valence-electron chi connectivity index (χ4n) is 7.47. The highest BCUT2D eigenvalue weighted by Gasteiger charge is 2.15. The van der Waals surface area contributed by atoms with Crippen molar-refractivity contribution in [3.8, 4) is 0 Å². The Morgan fingerprint density at radius 2 is 0.731 bits per heavy atom. The molecule has 52 heavy (non-hydrogen) atoms. The lowest BCUT2D eigenvalue weighted by molar-refractivity contribution is -0.870. The van der Waals surface area contributed by atoms with Crippen LogP contribution in [0, 0.1) is 0 Å². The maximum Gasteiger partial charge on any atom is 0.306 e. The normalized spacial score (nSPS) is 12.3. The highest BCUT2D eigenvalue weighted by atomic mass is 16.5. The number of carbonyl (C=O) groups excluding carboxylic acids is 2. The summed E-state index contributed by atoms with van der Waals surface area (Å²) < 4.78 is 13.7. The summed E-state index contributed by atoms with van der Waals surface area (Å²) in [6.07, 6.45) is 20.3. The van der Waals surface area contributed by atoms with Gasteiger partial charge in [-0.1, -0.05) is 113 Å². The van der Waals surface area contributed by atoms with Gasteiger partial charge in [-0.2, -0.15) is 0 Å². The molecule has 0 N–H and O–H groups in total. The third-order valence-corrected chi connectivity index (χ3v) is 10.5. The lowest BCUT2D eigenvalue weighted by atomic mass is 9.90. The molecule has 0 heterocycles. The molecule has 0 aliphatic carbocycles. The van der Waals surface area contributed by atoms with Gasteiger partial charge in [-0.15, -0.1) is 0 Å². The van der Waals surface area contributed by atoms with E-state index in [0.717, 1.165) is 67.3 Å². The molecule has 0 radical (unpaired) electrons. The topological polar surface area (TPSA) is 52.6 Å². The summed E-state index contributed by atoms with van der Waals surface area (Å²) in [6, 6.07) is 17.1. The first-order valence-corrected chi connectivity index (χ1v) is 20.5. The molecule has 0 bridgehead atoms. The van der Waals surface area contributed by atoms with E-state index in [1.807, 2.05) is 0 Å². The van der Waals surface area contributed by atoms with Gasteiger partial charge in [0.25, 0.3) is 0 Å². The van der Waals surface area contributed by atoms with Gasteiger partial charge in [-0.3, -0.25) is 9.59 Å². The van der Waals surface area contributed by atoms with Crippen LogP contribution in [0.1, 0.15) is 127 Å². The minimum atomic E-state index is -0.114. The zero-order valence-corrected chi connectivity index (χ0v) is 33.7. The van der Waals surface area contributed by atoms with E-state index in [1.54, 1.807) is 0 Å². The van der Waals surface area contributed by atoms with Crippen molar-refractivity contribution in [2.75, 3.05) is 55.4 Å². The molecule has 0 saturated carbocycles. The molecule has 286 valence electrons. The van der Waals surface area contributed by atoms with Crippen LogP contribution in [0.2, 0.25) is 0 Å². The lowest BCUT2D eigenvalue weighted by Gasteiger charge is -2.23. The van der Waals surface area contributed by atoms with E-state index in [1.165, 1.54) is 101 Å². The number of hydrogen-bond acceptors (Lipinski definition) is 4. The first kappa shape index (κ1) is 41.5. The molecule has 0 aliphatic heterocycles. The van der Waals surface area contributed by atoms with E-state index in [-0.39, 0.29) is 25.2 Å². The number of unbranched alkanes of at least 4 members (excludes halogenated alkanes) is 14. The number of rotatable bonds is 26. The number of nitrogens with zero attached hydrogens (tertiary/aromatic N) is 2. The molecule has 0 saturated heterocycles. The molecule has 0 amide bonds. The number of esters is 2. The highest BCUT2D eigenvalue weighted by Crippen LogP contribution is 2.38. The summed E-state index contributed by atoms with van der Waals surface area (Å²) in [4.78, 5) is 25.3. The van der Waals surface area contributed by atoms with Crippen LogP contribution in [0.4, 0.5) is 0 Å². The van der Waals surface area contributed by atoms with E-state index in [0.29, 0.717) is 12.8 Å². The lowest BCUT2D eigenvalue weighted by Crippen LogP contribution is -2.35. The average molecular weight is 715 g/mol. The van der Waals surface area contributed by atoms with Crippen molar-refractivity contribution in [1.82, 2.24) is 0 Å². The number of ether oxygens (including phenoxy) is 2. The van der Waals surface area contributed by atoms with Crippen LogP contribution in [0.15, 0.2) is 48.5 Å². The second-order valence-electron chi connectivity index (χ2n) is 17.4. The first-order valence-electron chi connectivity index (χ1n) is 20.5. The fourth-order valence-corrected chi connectivity index (χ4v) is 7.47. The van der Waals surface area contributed by atoms with E-state index in [2.05, 4.69) is 90.8 Å². The molecule has 0 spiro atoms. The van der Waals surface area contributed by atoms with Gasteiger partial charge in [0.05, 0.1) is 55.4 Å². The molecule has 0 unspecified atom stereocenters.